The first kappa shape index (κ1) is 8.05. The summed E-state index contributed by atoms with van der Waals surface area (Å²) in [5.41, 5.74) is 0.255. The number of carbonyl (C=O) groups is 1. The highest BCUT2D eigenvalue weighted by molar-refractivity contribution is 5.77. The molecule has 3 nitrogen and oxygen atoms in total. The van der Waals surface area contributed by atoms with E-state index in [1.54, 1.807) is 0 Å². The van der Waals surface area contributed by atoms with E-state index in [-0.39, 0.29) is 23.6 Å². The minimum Gasteiger partial charge on any atom is -0.460 e. The van der Waals surface area contributed by atoms with Crippen LogP contribution >= 0.6 is 0 Å². The topological polar surface area (TPSA) is 38.8 Å². The van der Waals surface area contributed by atoms with Crippen molar-refractivity contribution in [2.75, 3.05) is 6.61 Å². The van der Waals surface area contributed by atoms with Gasteiger partial charge in [0.1, 0.15) is 6.10 Å². The third kappa shape index (κ3) is 1.33. The fraction of sp³-hybridized carbons (Fsp3) is 0.889. The van der Waals surface area contributed by atoms with Crippen LogP contribution < -0.4 is 0 Å². The highest BCUT2D eigenvalue weighted by Crippen LogP contribution is 2.50. The quantitative estimate of drug-likeness (QED) is 0.470. The number of epoxide rings is 1. The molecule has 1 heterocycles. The number of ether oxygens (including phenoxy) is 2. The summed E-state index contributed by atoms with van der Waals surface area (Å²) < 4.78 is 10.1. The highest BCUT2D eigenvalue weighted by atomic mass is 16.6. The van der Waals surface area contributed by atoms with Gasteiger partial charge >= 0.3 is 5.97 Å². The maximum absolute atomic E-state index is 11.1. The average Bonchev–Trinajstić information content (AvgIpc) is 2.87. The van der Waals surface area contributed by atoms with Crippen LogP contribution in [0.4, 0.5) is 0 Å². The van der Waals surface area contributed by atoms with E-state index >= 15 is 0 Å². The molecule has 0 spiro atoms. The second-order valence-corrected chi connectivity index (χ2v) is 3.96. The van der Waals surface area contributed by atoms with Crippen molar-refractivity contribution in [1.82, 2.24) is 0 Å². The van der Waals surface area contributed by atoms with Crippen molar-refractivity contribution in [3.05, 3.63) is 0 Å². The lowest BCUT2D eigenvalue weighted by atomic mass is 10.1. The molecule has 68 valence electrons. The van der Waals surface area contributed by atoms with Gasteiger partial charge in [-0.05, 0) is 12.8 Å². The van der Waals surface area contributed by atoms with Crippen molar-refractivity contribution in [2.45, 2.75) is 38.9 Å². The summed E-state index contributed by atoms with van der Waals surface area (Å²) in [5, 5.41) is 0. The second-order valence-electron chi connectivity index (χ2n) is 3.96. The molecule has 2 fully saturated rings. The van der Waals surface area contributed by atoms with Gasteiger partial charge in [-0.1, -0.05) is 13.8 Å². The van der Waals surface area contributed by atoms with Crippen molar-refractivity contribution in [2.24, 2.45) is 5.41 Å². The fourth-order valence-electron chi connectivity index (χ4n) is 1.32. The van der Waals surface area contributed by atoms with E-state index in [9.17, 15) is 4.79 Å². The van der Waals surface area contributed by atoms with E-state index in [1.807, 2.05) is 0 Å². The monoisotopic (exact) mass is 170 g/mol. The predicted molar refractivity (Wildman–Crippen MR) is 42.6 cm³/mol. The summed E-state index contributed by atoms with van der Waals surface area (Å²) in [6.07, 6.45) is 2.00. The molecule has 0 aromatic carbocycles. The Bertz CT molecular complexity index is 210. The predicted octanol–water partition coefficient (Wildman–Crippen LogP) is 1.12. The van der Waals surface area contributed by atoms with E-state index < -0.39 is 0 Å². The Morgan fingerprint density at radius 2 is 2.42 bits per heavy atom. The number of hydrogen-bond donors (Lipinski definition) is 0. The molecule has 1 aliphatic heterocycles. The molecule has 3 heteroatoms. The lowest BCUT2D eigenvalue weighted by molar-refractivity contribution is -0.147. The molecule has 3 unspecified atom stereocenters. The van der Waals surface area contributed by atoms with Crippen molar-refractivity contribution < 1.29 is 14.3 Å². The van der Waals surface area contributed by atoms with Crippen LogP contribution in [-0.4, -0.2) is 24.8 Å². The second kappa shape index (κ2) is 2.46. The zero-order chi connectivity index (χ0) is 8.77. The maximum atomic E-state index is 11.1. The molecule has 2 aliphatic rings. The number of hydrogen-bond acceptors (Lipinski definition) is 3. The molecular weight excluding hydrogens is 156 g/mol. The van der Waals surface area contributed by atoms with Crippen LogP contribution in [0.15, 0.2) is 0 Å². The van der Waals surface area contributed by atoms with Gasteiger partial charge in [0.25, 0.3) is 0 Å². The van der Waals surface area contributed by atoms with Gasteiger partial charge < -0.3 is 9.47 Å². The van der Waals surface area contributed by atoms with Gasteiger partial charge in [-0.2, -0.15) is 0 Å². The summed E-state index contributed by atoms with van der Waals surface area (Å²) >= 11 is 0. The molecule has 0 N–H and O–H groups in total. The Kier molecular flexibility index (Phi) is 1.65. The van der Waals surface area contributed by atoms with Crippen LogP contribution in [0.1, 0.15) is 26.7 Å². The zero-order valence-electron chi connectivity index (χ0n) is 7.50. The van der Waals surface area contributed by atoms with E-state index in [4.69, 9.17) is 9.47 Å². The lowest BCUT2D eigenvalue weighted by Gasteiger charge is -2.06. The van der Waals surface area contributed by atoms with Gasteiger partial charge in [-0.25, -0.2) is 4.79 Å². The minimum atomic E-state index is -0.244. The van der Waals surface area contributed by atoms with E-state index in [0.29, 0.717) is 6.61 Å². The normalized spacial score (nSPS) is 43.8. The van der Waals surface area contributed by atoms with Crippen molar-refractivity contribution in [3.63, 3.8) is 0 Å². The van der Waals surface area contributed by atoms with Crippen LogP contribution in [0.2, 0.25) is 0 Å². The molecule has 0 amide bonds. The average molecular weight is 170 g/mol. The van der Waals surface area contributed by atoms with E-state index in [1.165, 1.54) is 0 Å². The third-order valence-electron chi connectivity index (χ3n) is 2.93. The van der Waals surface area contributed by atoms with Gasteiger partial charge in [0.05, 0.1) is 6.61 Å². The minimum absolute atomic E-state index is 0.152. The lowest BCUT2D eigenvalue weighted by Crippen LogP contribution is -2.16. The van der Waals surface area contributed by atoms with Gasteiger partial charge in [0.15, 0.2) is 6.10 Å². The van der Waals surface area contributed by atoms with Crippen LogP contribution in [0, 0.1) is 5.41 Å². The van der Waals surface area contributed by atoms with Gasteiger partial charge in [0.2, 0.25) is 0 Å². The molecule has 1 saturated heterocycles. The standard InChI is InChI=1S/C9H14O3/c1-3-9(2)4-7(9)12-8(10)6-5-11-6/h6-7H,3-5H2,1-2H3. The summed E-state index contributed by atoms with van der Waals surface area (Å²) in [4.78, 5) is 11.1. The number of carbonyl (C=O) groups excluding carboxylic acids is 1. The van der Waals surface area contributed by atoms with Crippen molar-refractivity contribution in [1.29, 1.82) is 0 Å². The summed E-state index contributed by atoms with van der Waals surface area (Å²) in [5.74, 6) is -0.169. The molecule has 0 aromatic rings. The molecule has 1 saturated carbocycles. The third-order valence-corrected chi connectivity index (χ3v) is 2.93. The van der Waals surface area contributed by atoms with Gasteiger partial charge in [-0.3, -0.25) is 0 Å². The smallest absolute Gasteiger partial charge is 0.337 e. The Morgan fingerprint density at radius 3 is 2.83 bits per heavy atom. The molecule has 0 aromatic heterocycles. The van der Waals surface area contributed by atoms with E-state index in [2.05, 4.69) is 13.8 Å². The first-order valence-corrected chi connectivity index (χ1v) is 4.48. The molecule has 2 rings (SSSR count). The molecule has 12 heavy (non-hydrogen) atoms. The molecule has 0 radical (unpaired) electrons. The Hall–Kier alpha value is -0.570. The number of esters is 1. The first-order chi connectivity index (χ1) is 5.65. The molecule has 3 atom stereocenters. The largest absolute Gasteiger partial charge is 0.460 e. The summed E-state index contributed by atoms with van der Waals surface area (Å²) in [7, 11) is 0. The molecular formula is C9H14O3. The number of rotatable bonds is 3. The SMILES string of the molecule is CCC1(C)CC1OC(=O)C1CO1. The Labute approximate surface area is 72.0 Å². The first-order valence-electron chi connectivity index (χ1n) is 4.48. The van der Waals surface area contributed by atoms with Crippen LogP contribution in [0.5, 0.6) is 0 Å². The Morgan fingerprint density at radius 1 is 1.75 bits per heavy atom. The van der Waals surface area contributed by atoms with Crippen molar-refractivity contribution >= 4 is 5.97 Å². The molecule has 0 bridgehead atoms. The van der Waals surface area contributed by atoms with Gasteiger partial charge in [-0.15, -0.1) is 0 Å². The Balaban J connectivity index is 1.78. The van der Waals surface area contributed by atoms with Crippen molar-refractivity contribution in [3.8, 4) is 0 Å². The molecule has 1 aliphatic carbocycles. The van der Waals surface area contributed by atoms with Gasteiger partial charge in [0, 0.05) is 5.41 Å². The zero-order valence-corrected chi connectivity index (χ0v) is 7.50. The fourth-order valence-corrected chi connectivity index (χ4v) is 1.32. The van der Waals surface area contributed by atoms with E-state index in [0.717, 1.165) is 12.8 Å². The van der Waals surface area contributed by atoms with Crippen LogP contribution in [0.25, 0.3) is 0 Å². The summed E-state index contributed by atoms with van der Waals surface area (Å²) in [6, 6.07) is 0. The highest BCUT2D eigenvalue weighted by Gasteiger charge is 2.52. The summed E-state index contributed by atoms with van der Waals surface area (Å²) in [6.45, 7) is 4.83. The van der Waals surface area contributed by atoms with Crippen LogP contribution in [0.3, 0.4) is 0 Å². The van der Waals surface area contributed by atoms with Crippen LogP contribution in [-0.2, 0) is 14.3 Å². The maximum Gasteiger partial charge on any atom is 0.337 e.